The average Bonchev–Trinajstić information content (AvgIpc) is 3.01. The molecule has 3 rings (SSSR count). The van der Waals surface area contributed by atoms with Crippen LogP contribution in [-0.4, -0.2) is 40.5 Å². The van der Waals surface area contributed by atoms with Gasteiger partial charge < -0.3 is 10.3 Å². The van der Waals surface area contributed by atoms with Crippen molar-refractivity contribution in [3.63, 3.8) is 0 Å². The molecule has 1 aromatic heterocycles. The van der Waals surface area contributed by atoms with Crippen LogP contribution in [0.3, 0.4) is 0 Å². The van der Waals surface area contributed by atoms with Gasteiger partial charge in [-0.1, -0.05) is 19.1 Å². The number of nitrogens with zero attached hydrogens (tertiary/aromatic N) is 2. The monoisotopic (exact) mass is 244 g/mol. The molecule has 0 aliphatic carbocycles. The van der Waals surface area contributed by atoms with Gasteiger partial charge in [-0.25, -0.2) is 4.98 Å². The molecule has 2 N–H and O–H groups in total. The fraction of sp³-hybridized carbons (Fsp3) is 0.500. The Hall–Kier alpha value is -1.55. The standard InChI is InChI=1S/C14H20N4/c1-2-18-9-5-6-11(18)10-15-14-16-12-7-3-4-8-13(12)17-14/h3-4,7-8,11H,2,5-6,9-10H2,1H3,(H2,15,16,17). The number of anilines is 1. The van der Waals surface area contributed by atoms with Crippen molar-refractivity contribution in [2.24, 2.45) is 0 Å². The van der Waals surface area contributed by atoms with Crippen LogP contribution in [0.2, 0.25) is 0 Å². The first-order chi connectivity index (χ1) is 8.86. The second kappa shape index (κ2) is 4.98. The molecule has 2 heterocycles. The van der Waals surface area contributed by atoms with E-state index in [4.69, 9.17) is 0 Å². The lowest BCUT2D eigenvalue weighted by atomic mass is 10.2. The van der Waals surface area contributed by atoms with E-state index in [1.165, 1.54) is 19.4 Å². The molecule has 96 valence electrons. The molecule has 1 fully saturated rings. The molecule has 1 unspecified atom stereocenters. The van der Waals surface area contributed by atoms with Gasteiger partial charge in [-0.05, 0) is 38.1 Å². The molecule has 1 saturated heterocycles. The first-order valence-corrected chi connectivity index (χ1v) is 6.79. The zero-order chi connectivity index (χ0) is 12.4. The molecule has 0 saturated carbocycles. The molecule has 0 radical (unpaired) electrons. The largest absolute Gasteiger partial charge is 0.354 e. The molecule has 18 heavy (non-hydrogen) atoms. The van der Waals surface area contributed by atoms with Gasteiger partial charge in [0, 0.05) is 12.6 Å². The van der Waals surface area contributed by atoms with Crippen molar-refractivity contribution in [3.8, 4) is 0 Å². The summed E-state index contributed by atoms with van der Waals surface area (Å²) >= 11 is 0. The summed E-state index contributed by atoms with van der Waals surface area (Å²) in [5.74, 6) is 0.888. The number of likely N-dealkylation sites (tertiary alicyclic amines) is 1. The minimum Gasteiger partial charge on any atom is -0.354 e. The smallest absolute Gasteiger partial charge is 0.201 e. The topological polar surface area (TPSA) is 44.0 Å². The molecule has 1 aliphatic rings. The van der Waals surface area contributed by atoms with Crippen LogP contribution < -0.4 is 5.32 Å². The number of hydrogen-bond acceptors (Lipinski definition) is 3. The van der Waals surface area contributed by atoms with E-state index in [9.17, 15) is 0 Å². The molecular weight excluding hydrogens is 224 g/mol. The Morgan fingerprint density at radius 3 is 3.17 bits per heavy atom. The van der Waals surface area contributed by atoms with Crippen molar-refractivity contribution in [1.82, 2.24) is 14.9 Å². The summed E-state index contributed by atoms with van der Waals surface area (Å²) in [6.07, 6.45) is 2.61. The molecule has 4 heteroatoms. The fourth-order valence-corrected chi connectivity index (χ4v) is 2.79. The number of aromatic amines is 1. The lowest BCUT2D eigenvalue weighted by molar-refractivity contribution is 0.277. The highest BCUT2D eigenvalue weighted by molar-refractivity contribution is 5.77. The van der Waals surface area contributed by atoms with E-state index in [2.05, 4.69) is 33.2 Å². The Balaban J connectivity index is 1.66. The Morgan fingerprint density at radius 2 is 2.33 bits per heavy atom. The molecule has 2 aromatic rings. The molecule has 0 bridgehead atoms. The van der Waals surface area contributed by atoms with Crippen molar-refractivity contribution in [2.45, 2.75) is 25.8 Å². The van der Waals surface area contributed by atoms with E-state index in [0.29, 0.717) is 6.04 Å². The van der Waals surface area contributed by atoms with Crippen molar-refractivity contribution in [2.75, 3.05) is 25.0 Å². The molecule has 0 amide bonds. The van der Waals surface area contributed by atoms with Crippen LogP contribution in [0.4, 0.5) is 5.95 Å². The second-order valence-electron chi connectivity index (χ2n) is 4.91. The maximum atomic E-state index is 4.54. The van der Waals surface area contributed by atoms with Crippen LogP contribution in [0.25, 0.3) is 11.0 Å². The first kappa shape index (κ1) is 11.5. The summed E-state index contributed by atoms with van der Waals surface area (Å²) in [5.41, 5.74) is 2.12. The van der Waals surface area contributed by atoms with E-state index in [1.807, 2.05) is 18.2 Å². The van der Waals surface area contributed by atoms with Crippen molar-refractivity contribution < 1.29 is 0 Å². The molecule has 0 spiro atoms. The van der Waals surface area contributed by atoms with Gasteiger partial charge in [-0.2, -0.15) is 0 Å². The summed E-state index contributed by atoms with van der Waals surface area (Å²) < 4.78 is 0. The van der Waals surface area contributed by atoms with Crippen LogP contribution in [-0.2, 0) is 0 Å². The molecule has 1 aromatic carbocycles. The van der Waals surface area contributed by atoms with Gasteiger partial charge in [0.15, 0.2) is 0 Å². The summed E-state index contributed by atoms with van der Waals surface area (Å²) in [4.78, 5) is 10.4. The van der Waals surface area contributed by atoms with Gasteiger partial charge in [0.2, 0.25) is 5.95 Å². The summed E-state index contributed by atoms with van der Waals surface area (Å²) in [6.45, 7) is 5.60. The Bertz CT molecular complexity index is 486. The number of para-hydroxylation sites is 2. The zero-order valence-corrected chi connectivity index (χ0v) is 10.8. The number of nitrogens with one attached hydrogen (secondary N) is 2. The Kier molecular flexibility index (Phi) is 3.19. The molecule has 1 aliphatic heterocycles. The normalized spacial score (nSPS) is 20.6. The highest BCUT2D eigenvalue weighted by atomic mass is 15.2. The number of imidazole rings is 1. The number of H-pyrrole nitrogens is 1. The van der Waals surface area contributed by atoms with E-state index >= 15 is 0 Å². The summed E-state index contributed by atoms with van der Waals surface area (Å²) in [5, 5.41) is 3.43. The van der Waals surface area contributed by atoms with Gasteiger partial charge >= 0.3 is 0 Å². The van der Waals surface area contributed by atoms with Gasteiger partial charge in [0.05, 0.1) is 11.0 Å². The van der Waals surface area contributed by atoms with E-state index < -0.39 is 0 Å². The maximum Gasteiger partial charge on any atom is 0.201 e. The molecule has 4 nitrogen and oxygen atoms in total. The Morgan fingerprint density at radius 1 is 1.44 bits per heavy atom. The predicted octanol–water partition coefficient (Wildman–Crippen LogP) is 2.46. The highest BCUT2D eigenvalue weighted by Gasteiger charge is 2.22. The maximum absolute atomic E-state index is 4.54. The summed E-state index contributed by atoms with van der Waals surface area (Å²) in [7, 11) is 0. The third-order valence-corrected chi connectivity index (χ3v) is 3.80. The lowest BCUT2D eigenvalue weighted by Gasteiger charge is -2.22. The van der Waals surface area contributed by atoms with Crippen LogP contribution in [0, 0.1) is 0 Å². The number of likely N-dealkylation sites (N-methyl/N-ethyl adjacent to an activating group) is 1. The number of hydrogen-bond donors (Lipinski definition) is 2. The van der Waals surface area contributed by atoms with Crippen LogP contribution in [0.15, 0.2) is 24.3 Å². The minimum atomic E-state index is 0.656. The lowest BCUT2D eigenvalue weighted by Crippen LogP contribution is -2.34. The second-order valence-corrected chi connectivity index (χ2v) is 4.91. The minimum absolute atomic E-state index is 0.656. The van der Waals surface area contributed by atoms with E-state index in [0.717, 1.165) is 30.1 Å². The fourth-order valence-electron chi connectivity index (χ4n) is 2.79. The van der Waals surface area contributed by atoms with Crippen molar-refractivity contribution in [1.29, 1.82) is 0 Å². The van der Waals surface area contributed by atoms with Gasteiger partial charge in [-0.15, -0.1) is 0 Å². The van der Waals surface area contributed by atoms with Crippen LogP contribution >= 0.6 is 0 Å². The number of aromatic nitrogens is 2. The quantitative estimate of drug-likeness (QED) is 0.868. The predicted molar refractivity (Wildman–Crippen MR) is 74.9 cm³/mol. The average molecular weight is 244 g/mol. The molecule has 1 atom stereocenters. The van der Waals surface area contributed by atoms with Crippen molar-refractivity contribution in [3.05, 3.63) is 24.3 Å². The first-order valence-electron chi connectivity index (χ1n) is 6.79. The Labute approximate surface area is 107 Å². The number of benzene rings is 1. The zero-order valence-electron chi connectivity index (χ0n) is 10.8. The SMILES string of the molecule is CCN1CCCC1CNc1nc2ccccc2[nH]1. The van der Waals surface area contributed by atoms with Gasteiger partial charge in [0.1, 0.15) is 0 Å². The van der Waals surface area contributed by atoms with E-state index in [1.54, 1.807) is 0 Å². The van der Waals surface area contributed by atoms with Crippen LogP contribution in [0.1, 0.15) is 19.8 Å². The third kappa shape index (κ3) is 2.20. The molecular formula is C14H20N4. The van der Waals surface area contributed by atoms with Gasteiger partial charge in [-0.3, -0.25) is 4.90 Å². The highest BCUT2D eigenvalue weighted by Crippen LogP contribution is 2.18. The van der Waals surface area contributed by atoms with Gasteiger partial charge in [0.25, 0.3) is 0 Å². The van der Waals surface area contributed by atoms with Crippen LogP contribution in [0.5, 0.6) is 0 Å². The number of fused-ring (bicyclic) bond motifs is 1. The third-order valence-electron chi connectivity index (χ3n) is 3.80. The summed E-state index contributed by atoms with van der Waals surface area (Å²) in [6, 6.07) is 8.79. The van der Waals surface area contributed by atoms with E-state index in [-0.39, 0.29) is 0 Å². The number of rotatable bonds is 4. The van der Waals surface area contributed by atoms with Crippen molar-refractivity contribution >= 4 is 17.0 Å².